The molecule has 1 unspecified atom stereocenters. The van der Waals surface area contributed by atoms with Crippen LogP contribution in [-0.4, -0.2) is 19.4 Å². The van der Waals surface area contributed by atoms with Crippen molar-refractivity contribution in [3.8, 4) is 0 Å². The van der Waals surface area contributed by atoms with Crippen molar-refractivity contribution in [2.45, 2.75) is 12.6 Å². The Morgan fingerprint density at radius 2 is 2.50 bits per heavy atom. The second-order valence-corrected chi connectivity index (χ2v) is 1.46. The van der Waals surface area contributed by atoms with Gasteiger partial charge in [-0.2, -0.15) is 0 Å². The van der Waals surface area contributed by atoms with Crippen molar-refractivity contribution in [1.29, 1.82) is 0 Å². The van der Waals surface area contributed by atoms with Gasteiger partial charge in [-0.25, -0.2) is 4.39 Å². The highest BCUT2D eigenvalue weighted by Gasteiger charge is 2.12. The van der Waals surface area contributed by atoms with Crippen molar-refractivity contribution < 1.29 is 9.13 Å². The van der Waals surface area contributed by atoms with Gasteiger partial charge in [0, 0.05) is 13.0 Å². The average Bonchev–Trinajstić information content (AvgIpc) is 1.86. The molecular formula is C4H7FO. The third kappa shape index (κ3) is 0.684. The molecule has 0 bridgehead atoms. The van der Waals surface area contributed by atoms with E-state index >= 15 is 0 Å². The van der Waals surface area contributed by atoms with Crippen molar-refractivity contribution in [2.24, 2.45) is 0 Å². The fourth-order valence-electron chi connectivity index (χ4n) is 0.506. The van der Waals surface area contributed by atoms with E-state index in [0.717, 1.165) is 0 Å². The first kappa shape index (κ1) is 4.06. The van der Waals surface area contributed by atoms with Crippen LogP contribution in [0.3, 0.4) is 0 Å². The summed E-state index contributed by atoms with van der Waals surface area (Å²) in [5.41, 5.74) is 0. The molecule has 1 atom stereocenters. The number of ether oxygens (including phenoxy) is 1. The van der Waals surface area contributed by atoms with Crippen LogP contribution in [-0.2, 0) is 4.74 Å². The van der Waals surface area contributed by atoms with Crippen LogP contribution in [0.4, 0.5) is 4.39 Å². The molecule has 0 aromatic carbocycles. The van der Waals surface area contributed by atoms with E-state index in [9.17, 15) is 4.39 Å². The van der Waals surface area contributed by atoms with Gasteiger partial charge in [0.2, 0.25) is 0 Å². The Balaban J connectivity index is 2.18. The highest BCUT2D eigenvalue weighted by molar-refractivity contribution is 4.59. The Labute approximate surface area is 36.1 Å². The lowest BCUT2D eigenvalue weighted by atomic mass is 10.4. The molecule has 1 aliphatic rings. The average molecular weight is 90.1 g/mol. The predicted octanol–water partition coefficient (Wildman–Crippen LogP) is 0.745. The van der Waals surface area contributed by atoms with Crippen LogP contribution < -0.4 is 0 Å². The fraction of sp³-hybridized carbons (Fsp3) is 1.00. The maximum atomic E-state index is 11.8. The van der Waals surface area contributed by atoms with E-state index in [1.54, 1.807) is 0 Å². The minimum atomic E-state index is -0.676. The largest absolute Gasteiger partial charge is 0.378 e. The molecule has 1 nitrogen and oxygen atoms in total. The standard InChI is InChI=1S/C4H7FO/c5-4-1-2-6-3-4/h4H,1-3H2. The third-order valence-corrected chi connectivity index (χ3v) is 0.874. The van der Waals surface area contributed by atoms with Crippen LogP contribution in [0, 0.1) is 0 Å². The van der Waals surface area contributed by atoms with E-state index in [1.165, 1.54) is 0 Å². The fourth-order valence-corrected chi connectivity index (χ4v) is 0.506. The van der Waals surface area contributed by atoms with Crippen LogP contribution in [0.5, 0.6) is 0 Å². The molecule has 0 saturated carbocycles. The minimum Gasteiger partial charge on any atom is -0.378 e. The van der Waals surface area contributed by atoms with Gasteiger partial charge in [0.1, 0.15) is 6.17 Å². The van der Waals surface area contributed by atoms with Gasteiger partial charge in [-0.1, -0.05) is 0 Å². The zero-order chi connectivity index (χ0) is 4.41. The van der Waals surface area contributed by atoms with E-state index in [4.69, 9.17) is 0 Å². The van der Waals surface area contributed by atoms with E-state index in [-0.39, 0.29) is 0 Å². The van der Waals surface area contributed by atoms with Gasteiger partial charge in [-0.3, -0.25) is 0 Å². The topological polar surface area (TPSA) is 9.23 Å². The zero-order valence-electron chi connectivity index (χ0n) is 3.48. The summed E-state index contributed by atoms with van der Waals surface area (Å²) >= 11 is 0. The van der Waals surface area contributed by atoms with Gasteiger partial charge in [0.25, 0.3) is 0 Å². The van der Waals surface area contributed by atoms with E-state index in [0.29, 0.717) is 19.6 Å². The second-order valence-electron chi connectivity index (χ2n) is 1.46. The Bertz CT molecular complexity index is 40.8. The maximum Gasteiger partial charge on any atom is 0.126 e. The molecule has 1 fully saturated rings. The van der Waals surface area contributed by atoms with E-state index in [1.807, 2.05) is 0 Å². The predicted molar refractivity (Wildman–Crippen MR) is 20.3 cm³/mol. The molecule has 0 N–H and O–H groups in total. The van der Waals surface area contributed by atoms with Crippen molar-refractivity contribution >= 4 is 0 Å². The quantitative estimate of drug-likeness (QED) is 0.426. The molecule has 6 heavy (non-hydrogen) atoms. The number of alkyl halides is 1. The summed E-state index contributed by atoms with van der Waals surface area (Å²) in [6, 6.07) is 0. The second kappa shape index (κ2) is 1.56. The summed E-state index contributed by atoms with van der Waals surface area (Å²) in [6.07, 6.45) is -0.0787. The van der Waals surface area contributed by atoms with Crippen LogP contribution in [0.1, 0.15) is 6.42 Å². The van der Waals surface area contributed by atoms with Crippen LogP contribution in [0.25, 0.3) is 0 Å². The maximum absolute atomic E-state index is 11.8. The third-order valence-electron chi connectivity index (χ3n) is 0.874. The van der Waals surface area contributed by atoms with Crippen molar-refractivity contribution in [1.82, 2.24) is 0 Å². The van der Waals surface area contributed by atoms with Crippen molar-refractivity contribution in [3.05, 3.63) is 0 Å². The van der Waals surface area contributed by atoms with Crippen molar-refractivity contribution in [2.75, 3.05) is 13.2 Å². The molecule has 0 aliphatic carbocycles. The lowest BCUT2D eigenvalue weighted by Gasteiger charge is -1.84. The van der Waals surface area contributed by atoms with Gasteiger partial charge >= 0.3 is 0 Å². The number of hydrogen-bond acceptors (Lipinski definition) is 1. The lowest BCUT2D eigenvalue weighted by molar-refractivity contribution is 0.173. The Hall–Kier alpha value is -0.110. The smallest absolute Gasteiger partial charge is 0.126 e. The number of rotatable bonds is 0. The first-order chi connectivity index (χ1) is 2.89. The molecule has 2 heteroatoms. The molecule has 0 radical (unpaired) electrons. The lowest BCUT2D eigenvalue weighted by Crippen LogP contribution is -1.94. The highest BCUT2D eigenvalue weighted by Crippen LogP contribution is 2.05. The summed E-state index contributed by atoms with van der Waals surface area (Å²) in [6.45, 7) is 0.932. The normalized spacial score (nSPS) is 34.5. The summed E-state index contributed by atoms with van der Waals surface area (Å²) in [5, 5.41) is 0. The Morgan fingerprint density at radius 1 is 1.67 bits per heavy atom. The van der Waals surface area contributed by atoms with Gasteiger partial charge in [0.05, 0.1) is 6.61 Å². The SMILES string of the molecule is FC1CCOC1. The van der Waals surface area contributed by atoms with E-state index < -0.39 is 6.17 Å². The van der Waals surface area contributed by atoms with Gasteiger partial charge in [-0.15, -0.1) is 0 Å². The molecule has 0 spiro atoms. The first-order valence-corrected chi connectivity index (χ1v) is 2.11. The Kier molecular flexibility index (Phi) is 1.05. The van der Waals surface area contributed by atoms with E-state index in [2.05, 4.69) is 4.74 Å². The zero-order valence-corrected chi connectivity index (χ0v) is 3.48. The summed E-state index contributed by atoms with van der Waals surface area (Å²) in [5.74, 6) is 0. The molecule has 36 valence electrons. The first-order valence-electron chi connectivity index (χ1n) is 2.11. The van der Waals surface area contributed by atoms with Crippen molar-refractivity contribution in [3.63, 3.8) is 0 Å². The molecule has 1 saturated heterocycles. The molecule has 1 heterocycles. The van der Waals surface area contributed by atoms with Crippen LogP contribution in [0.2, 0.25) is 0 Å². The van der Waals surface area contributed by atoms with Crippen LogP contribution in [0.15, 0.2) is 0 Å². The van der Waals surface area contributed by atoms with Gasteiger partial charge in [-0.05, 0) is 0 Å². The molecule has 1 aliphatic heterocycles. The van der Waals surface area contributed by atoms with Gasteiger partial charge in [0.15, 0.2) is 0 Å². The molecular weight excluding hydrogens is 83.0 g/mol. The molecule has 0 amide bonds. The molecule has 1 rings (SSSR count). The highest BCUT2D eigenvalue weighted by atomic mass is 19.1. The molecule has 0 aromatic rings. The monoisotopic (exact) mass is 90.0 g/mol. The number of halogens is 1. The summed E-state index contributed by atoms with van der Waals surface area (Å²) in [7, 11) is 0. The Morgan fingerprint density at radius 3 is 2.67 bits per heavy atom. The van der Waals surface area contributed by atoms with Gasteiger partial charge < -0.3 is 4.74 Å². The minimum absolute atomic E-state index is 0.319. The summed E-state index contributed by atoms with van der Waals surface area (Å²) < 4.78 is 16.5. The molecule has 0 aromatic heterocycles. The number of hydrogen-bond donors (Lipinski definition) is 0. The van der Waals surface area contributed by atoms with Crippen LogP contribution >= 0.6 is 0 Å². The summed E-state index contributed by atoms with van der Waals surface area (Å²) in [4.78, 5) is 0.